The average molecular weight is 425 g/mol. The second kappa shape index (κ2) is 9.22. The van der Waals surface area contributed by atoms with Crippen LogP contribution in [0.5, 0.6) is 0 Å². The van der Waals surface area contributed by atoms with E-state index in [-0.39, 0.29) is 11.7 Å². The van der Waals surface area contributed by atoms with E-state index < -0.39 is 0 Å². The van der Waals surface area contributed by atoms with Gasteiger partial charge in [0.15, 0.2) is 5.82 Å². The quantitative estimate of drug-likeness (QED) is 0.488. The average Bonchev–Trinajstić information content (AvgIpc) is 2.83. The molecule has 0 aliphatic rings. The number of nitrogens with two attached hydrogens (primary N) is 1. The van der Waals surface area contributed by atoms with Gasteiger partial charge in [0.05, 0.1) is 17.6 Å². The standard InChI is InChI=1S/C24H23N7O/c1-31(2)24-26-12-11-19(30-24)21-22(25)27-15-20(29-21)17-9-6-10-18(13-17)23(32)28-14-16-7-4-3-5-8-16/h3-13,15H,14H2,1-2H3,(H2,25,27)(H,28,32). The second-order valence-corrected chi connectivity index (χ2v) is 7.37. The van der Waals surface area contributed by atoms with Crippen molar-refractivity contribution >= 4 is 17.7 Å². The van der Waals surface area contributed by atoms with Crippen LogP contribution < -0.4 is 16.0 Å². The Morgan fingerprint density at radius 2 is 1.78 bits per heavy atom. The van der Waals surface area contributed by atoms with Crippen LogP contribution in [-0.4, -0.2) is 39.9 Å². The molecule has 2 aromatic heterocycles. The van der Waals surface area contributed by atoms with Gasteiger partial charge in [-0.05, 0) is 23.8 Å². The Hall–Kier alpha value is -4.33. The van der Waals surface area contributed by atoms with Gasteiger partial charge in [0.1, 0.15) is 5.69 Å². The molecule has 2 heterocycles. The van der Waals surface area contributed by atoms with E-state index in [4.69, 9.17) is 5.73 Å². The van der Waals surface area contributed by atoms with Gasteiger partial charge < -0.3 is 16.0 Å². The molecular weight excluding hydrogens is 402 g/mol. The molecular formula is C24H23N7O. The summed E-state index contributed by atoms with van der Waals surface area (Å²) in [6, 6.07) is 18.8. The molecule has 32 heavy (non-hydrogen) atoms. The number of amides is 1. The number of nitrogens with one attached hydrogen (secondary N) is 1. The largest absolute Gasteiger partial charge is 0.382 e. The van der Waals surface area contributed by atoms with Crippen LogP contribution in [-0.2, 0) is 6.54 Å². The number of aromatic nitrogens is 4. The van der Waals surface area contributed by atoms with Gasteiger partial charge >= 0.3 is 0 Å². The van der Waals surface area contributed by atoms with E-state index in [2.05, 4.69) is 25.3 Å². The maximum absolute atomic E-state index is 12.7. The third-order valence-electron chi connectivity index (χ3n) is 4.80. The number of anilines is 2. The van der Waals surface area contributed by atoms with Crippen LogP contribution in [0.1, 0.15) is 15.9 Å². The number of carbonyl (C=O) groups is 1. The molecule has 160 valence electrons. The van der Waals surface area contributed by atoms with Crippen LogP contribution in [0.3, 0.4) is 0 Å². The van der Waals surface area contributed by atoms with Crippen molar-refractivity contribution < 1.29 is 4.79 Å². The first kappa shape index (κ1) is 20.9. The fourth-order valence-electron chi connectivity index (χ4n) is 3.12. The summed E-state index contributed by atoms with van der Waals surface area (Å²) in [6.45, 7) is 0.456. The van der Waals surface area contributed by atoms with Crippen molar-refractivity contribution in [3.8, 4) is 22.6 Å². The molecule has 0 fully saturated rings. The van der Waals surface area contributed by atoms with Crippen molar-refractivity contribution in [2.75, 3.05) is 24.7 Å². The molecule has 3 N–H and O–H groups in total. The Morgan fingerprint density at radius 1 is 0.969 bits per heavy atom. The summed E-state index contributed by atoms with van der Waals surface area (Å²) in [6.07, 6.45) is 3.25. The van der Waals surface area contributed by atoms with Crippen molar-refractivity contribution in [2.24, 2.45) is 0 Å². The number of nitrogens with zero attached hydrogens (tertiary/aromatic N) is 5. The lowest BCUT2D eigenvalue weighted by Crippen LogP contribution is -2.22. The van der Waals surface area contributed by atoms with Crippen molar-refractivity contribution in [2.45, 2.75) is 6.54 Å². The smallest absolute Gasteiger partial charge is 0.251 e. The highest BCUT2D eigenvalue weighted by Gasteiger charge is 2.13. The highest BCUT2D eigenvalue weighted by molar-refractivity contribution is 5.95. The van der Waals surface area contributed by atoms with Crippen LogP contribution in [0, 0.1) is 0 Å². The zero-order chi connectivity index (χ0) is 22.5. The number of hydrogen-bond donors (Lipinski definition) is 2. The van der Waals surface area contributed by atoms with E-state index in [0.29, 0.717) is 35.1 Å². The first-order chi connectivity index (χ1) is 15.5. The normalized spacial score (nSPS) is 10.6. The third kappa shape index (κ3) is 4.70. The highest BCUT2D eigenvalue weighted by Crippen LogP contribution is 2.26. The fraction of sp³-hybridized carbons (Fsp3) is 0.125. The van der Waals surface area contributed by atoms with Gasteiger partial charge in [-0.1, -0.05) is 42.5 Å². The van der Waals surface area contributed by atoms with Gasteiger partial charge in [0.25, 0.3) is 5.91 Å². The van der Waals surface area contributed by atoms with Gasteiger partial charge in [0.2, 0.25) is 5.95 Å². The van der Waals surface area contributed by atoms with Gasteiger partial charge in [-0.15, -0.1) is 0 Å². The first-order valence-electron chi connectivity index (χ1n) is 10.1. The maximum atomic E-state index is 12.7. The summed E-state index contributed by atoms with van der Waals surface area (Å²) in [5.74, 6) is 0.658. The van der Waals surface area contributed by atoms with Gasteiger partial charge in [-0.3, -0.25) is 4.79 Å². The molecule has 8 nitrogen and oxygen atoms in total. The Kier molecular flexibility index (Phi) is 6.03. The molecule has 2 aromatic carbocycles. The van der Waals surface area contributed by atoms with E-state index in [0.717, 1.165) is 11.1 Å². The third-order valence-corrected chi connectivity index (χ3v) is 4.80. The van der Waals surface area contributed by atoms with E-state index >= 15 is 0 Å². The van der Waals surface area contributed by atoms with E-state index in [1.165, 1.54) is 0 Å². The summed E-state index contributed by atoms with van der Waals surface area (Å²) in [5, 5.41) is 2.94. The van der Waals surface area contributed by atoms with Crippen molar-refractivity contribution in [1.82, 2.24) is 25.3 Å². The number of nitrogen functional groups attached to an aromatic ring is 1. The molecule has 0 aliphatic heterocycles. The lowest BCUT2D eigenvalue weighted by molar-refractivity contribution is 0.0951. The SMILES string of the molecule is CN(C)c1nccc(-c2nc(-c3cccc(C(=O)NCc4ccccc4)c3)cnc2N)n1. The minimum Gasteiger partial charge on any atom is -0.382 e. The molecule has 8 heteroatoms. The van der Waals surface area contributed by atoms with Crippen LogP contribution in [0.25, 0.3) is 22.6 Å². The Balaban J connectivity index is 1.60. The first-order valence-corrected chi connectivity index (χ1v) is 10.1. The van der Waals surface area contributed by atoms with Crippen molar-refractivity contribution in [3.63, 3.8) is 0 Å². The second-order valence-electron chi connectivity index (χ2n) is 7.37. The molecule has 0 unspecified atom stereocenters. The van der Waals surface area contributed by atoms with Crippen molar-refractivity contribution in [1.29, 1.82) is 0 Å². The van der Waals surface area contributed by atoms with Crippen LogP contribution in [0.15, 0.2) is 73.1 Å². The van der Waals surface area contributed by atoms with Gasteiger partial charge in [-0.2, -0.15) is 0 Å². The Labute approximate surface area is 186 Å². The molecule has 0 saturated heterocycles. The van der Waals surface area contributed by atoms with Crippen LogP contribution in [0.4, 0.5) is 11.8 Å². The molecule has 0 bridgehead atoms. The molecule has 0 radical (unpaired) electrons. The Morgan fingerprint density at radius 3 is 2.56 bits per heavy atom. The number of benzene rings is 2. The van der Waals surface area contributed by atoms with Crippen molar-refractivity contribution in [3.05, 3.63) is 84.2 Å². The van der Waals surface area contributed by atoms with Crippen LogP contribution in [0.2, 0.25) is 0 Å². The maximum Gasteiger partial charge on any atom is 0.251 e. The molecule has 0 aliphatic carbocycles. The lowest BCUT2D eigenvalue weighted by Gasteiger charge is -2.12. The minimum absolute atomic E-state index is 0.161. The fourth-order valence-corrected chi connectivity index (χ4v) is 3.12. The summed E-state index contributed by atoms with van der Waals surface area (Å²) in [4.78, 5) is 32.2. The monoisotopic (exact) mass is 425 g/mol. The molecule has 4 aromatic rings. The number of hydrogen-bond acceptors (Lipinski definition) is 7. The molecule has 0 saturated carbocycles. The van der Waals surface area contributed by atoms with E-state index in [9.17, 15) is 4.79 Å². The summed E-state index contributed by atoms with van der Waals surface area (Å²) in [7, 11) is 3.72. The molecule has 1 amide bonds. The highest BCUT2D eigenvalue weighted by atomic mass is 16.1. The summed E-state index contributed by atoms with van der Waals surface area (Å²) in [5.41, 5.74) is 10.1. The lowest BCUT2D eigenvalue weighted by atomic mass is 10.1. The minimum atomic E-state index is -0.161. The molecule has 4 rings (SSSR count). The van der Waals surface area contributed by atoms with E-state index in [1.807, 2.05) is 56.6 Å². The van der Waals surface area contributed by atoms with Gasteiger partial charge in [0, 0.05) is 38.0 Å². The number of carbonyl (C=O) groups excluding carboxylic acids is 1. The zero-order valence-corrected chi connectivity index (χ0v) is 17.9. The zero-order valence-electron chi connectivity index (χ0n) is 17.9. The predicted molar refractivity (Wildman–Crippen MR) is 125 cm³/mol. The Bertz CT molecular complexity index is 1240. The molecule has 0 atom stereocenters. The van der Waals surface area contributed by atoms with Gasteiger partial charge in [-0.25, -0.2) is 19.9 Å². The van der Waals surface area contributed by atoms with Crippen LogP contribution >= 0.6 is 0 Å². The van der Waals surface area contributed by atoms with E-state index in [1.54, 1.807) is 35.5 Å². The topological polar surface area (TPSA) is 110 Å². The molecule has 0 spiro atoms. The number of rotatable bonds is 6. The summed E-state index contributed by atoms with van der Waals surface area (Å²) >= 11 is 0. The predicted octanol–water partition coefficient (Wildman–Crippen LogP) is 3.18. The summed E-state index contributed by atoms with van der Waals surface area (Å²) < 4.78 is 0.